The van der Waals surface area contributed by atoms with Crippen LogP contribution in [0.25, 0.3) is 0 Å². The average molecular weight is 426 g/mol. The van der Waals surface area contributed by atoms with Crippen LogP contribution in [0.2, 0.25) is 0 Å². The van der Waals surface area contributed by atoms with Crippen molar-refractivity contribution in [3.05, 3.63) is 26.2 Å². The Balaban J connectivity index is 1.88. The van der Waals surface area contributed by atoms with Gasteiger partial charge in [-0.1, -0.05) is 0 Å². The van der Waals surface area contributed by atoms with E-state index in [1.54, 1.807) is 11.0 Å². The summed E-state index contributed by atoms with van der Waals surface area (Å²) >= 11 is 5.56. The number of piperidine rings is 1. The molecule has 0 aromatic heterocycles. The highest BCUT2D eigenvalue weighted by Gasteiger charge is 2.19. The topological polar surface area (TPSA) is 38.8 Å². The molecule has 1 aliphatic heterocycles. The van der Waals surface area contributed by atoms with Gasteiger partial charge in [-0.15, -0.1) is 0 Å². The van der Waals surface area contributed by atoms with Crippen molar-refractivity contribution in [1.29, 1.82) is 0 Å². The third kappa shape index (κ3) is 3.74. The van der Waals surface area contributed by atoms with Crippen LogP contribution in [-0.4, -0.2) is 24.1 Å². The zero-order chi connectivity index (χ0) is 13.0. The molecule has 1 aromatic carbocycles. The van der Waals surface area contributed by atoms with E-state index in [9.17, 15) is 4.79 Å². The number of likely N-dealkylation sites (tertiary alicyclic amines) is 1. The van der Waals surface area contributed by atoms with Crippen LogP contribution < -0.4 is 4.89 Å². The van der Waals surface area contributed by atoms with Crippen molar-refractivity contribution in [3.63, 3.8) is 0 Å². The van der Waals surface area contributed by atoms with Crippen molar-refractivity contribution < 1.29 is 14.6 Å². The van der Waals surface area contributed by atoms with Crippen molar-refractivity contribution in [2.75, 3.05) is 13.1 Å². The summed E-state index contributed by atoms with van der Waals surface area (Å²) in [5.41, 5.74) is 0. The Labute approximate surface area is 128 Å². The summed E-state index contributed by atoms with van der Waals surface area (Å²) < 4.78 is 1.84. The van der Waals surface area contributed by atoms with Crippen LogP contribution in [0, 0.1) is 3.57 Å². The van der Waals surface area contributed by atoms with Crippen molar-refractivity contribution in [3.8, 4) is 5.75 Å². The summed E-state index contributed by atoms with van der Waals surface area (Å²) in [7, 11) is 0. The summed E-state index contributed by atoms with van der Waals surface area (Å²) in [6.45, 7) is 1.49. The average Bonchev–Trinajstić information content (AvgIpc) is 2.38. The second kappa shape index (κ2) is 6.60. The van der Waals surface area contributed by atoms with Gasteiger partial charge in [0.1, 0.15) is 0 Å². The van der Waals surface area contributed by atoms with Crippen LogP contribution in [0.15, 0.2) is 22.7 Å². The second-order valence-electron chi connectivity index (χ2n) is 4.06. The molecule has 0 unspecified atom stereocenters. The molecule has 6 heteroatoms. The van der Waals surface area contributed by atoms with E-state index < -0.39 is 6.09 Å². The first kappa shape index (κ1) is 13.9. The number of carbonyl (C=O) groups excluding carboxylic acids is 1. The molecule has 1 aromatic rings. The number of hydrogen-bond acceptors (Lipinski definition) is 3. The summed E-state index contributed by atoms with van der Waals surface area (Å²) in [6, 6.07) is 5.54. The van der Waals surface area contributed by atoms with Crippen LogP contribution >= 0.6 is 38.5 Å². The van der Waals surface area contributed by atoms with E-state index in [1.807, 2.05) is 12.1 Å². The van der Waals surface area contributed by atoms with Gasteiger partial charge in [0.05, 0.1) is 4.47 Å². The maximum absolute atomic E-state index is 11.7. The summed E-state index contributed by atoms with van der Waals surface area (Å²) in [4.78, 5) is 23.3. The number of halogens is 2. The highest BCUT2D eigenvalue weighted by atomic mass is 127. The van der Waals surface area contributed by atoms with Crippen molar-refractivity contribution >= 4 is 44.6 Å². The lowest BCUT2D eigenvalue weighted by atomic mass is 10.1. The highest BCUT2D eigenvalue weighted by molar-refractivity contribution is 14.1. The summed E-state index contributed by atoms with van der Waals surface area (Å²) in [5, 5.41) is 0. The predicted octanol–water partition coefficient (Wildman–Crippen LogP) is 3.97. The van der Waals surface area contributed by atoms with Gasteiger partial charge in [-0.25, -0.2) is 9.68 Å². The third-order valence-corrected chi connectivity index (χ3v) is 4.00. The van der Waals surface area contributed by atoms with Gasteiger partial charge in [0.25, 0.3) is 0 Å². The lowest BCUT2D eigenvalue weighted by Crippen LogP contribution is -2.36. The Bertz CT molecular complexity index is 435. The molecule has 1 heterocycles. The van der Waals surface area contributed by atoms with Gasteiger partial charge in [0.2, 0.25) is 0 Å². The van der Waals surface area contributed by atoms with Gasteiger partial charge in [-0.3, -0.25) is 4.89 Å². The van der Waals surface area contributed by atoms with E-state index in [4.69, 9.17) is 9.78 Å². The fourth-order valence-corrected chi connectivity index (χ4v) is 3.12. The van der Waals surface area contributed by atoms with Crippen molar-refractivity contribution in [1.82, 2.24) is 4.90 Å². The van der Waals surface area contributed by atoms with E-state index >= 15 is 0 Å². The van der Waals surface area contributed by atoms with Crippen LogP contribution in [0.5, 0.6) is 5.75 Å². The molecule has 0 saturated carbocycles. The summed E-state index contributed by atoms with van der Waals surface area (Å²) in [5.74, 6) is 0.501. The van der Waals surface area contributed by atoms with Crippen LogP contribution in [0.4, 0.5) is 4.79 Å². The Hall–Kier alpha value is -0.500. The van der Waals surface area contributed by atoms with E-state index in [1.165, 1.54) is 6.42 Å². The quantitative estimate of drug-likeness (QED) is 0.409. The molecule has 18 heavy (non-hydrogen) atoms. The second-order valence-corrected chi connectivity index (χ2v) is 6.15. The van der Waals surface area contributed by atoms with Crippen LogP contribution in [0.1, 0.15) is 19.3 Å². The monoisotopic (exact) mass is 425 g/mol. The van der Waals surface area contributed by atoms with Crippen molar-refractivity contribution in [2.24, 2.45) is 0 Å². The molecule has 0 atom stereocenters. The minimum atomic E-state index is -0.417. The molecule has 0 spiro atoms. The van der Waals surface area contributed by atoms with E-state index in [-0.39, 0.29) is 0 Å². The molecular weight excluding hydrogens is 413 g/mol. The molecule has 1 saturated heterocycles. The van der Waals surface area contributed by atoms with E-state index in [0.29, 0.717) is 5.75 Å². The molecule has 0 radical (unpaired) electrons. The maximum Gasteiger partial charge on any atom is 0.452 e. The SMILES string of the molecule is O=C(OOc1ccc(I)cc1Br)N1CCCCC1. The Morgan fingerprint density at radius 2 is 2.00 bits per heavy atom. The number of benzene rings is 1. The third-order valence-electron chi connectivity index (χ3n) is 2.71. The highest BCUT2D eigenvalue weighted by Crippen LogP contribution is 2.27. The standard InChI is InChI=1S/C12H13BrINO3/c13-10-8-9(14)4-5-11(10)17-18-12(16)15-6-2-1-3-7-15/h4-5,8H,1-3,6-7H2. The zero-order valence-electron chi connectivity index (χ0n) is 9.70. The smallest absolute Gasteiger partial charge is 0.305 e. The molecule has 0 bridgehead atoms. The minimum Gasteiger partial charge on any atom is -0.305 e. The van der Waals surface area contributed by atoms with E-state index in [0.717, 1.165) is 34.0 Å². The molecule has 2 rings (SSSR count). The molecule has 0 aliphatic carbocycles. The number of nitrogens with zero attached hydrogens (tertiary/aromatic N) is 1. The Kier molecular flexibility index (Phi) is 5.11. The summed E-state index contributed by atoms with van der Waals surface area (Å²) in [6.07, 6.45) is 2.82. The van der Waals surface area contributed by atoms with Gasteiger partial charge in [0.15, 0.2) is 5.75 Å². The van der Waals surface area contributed by atoms with Crippen LogP contribution in [0.3, 0.4) is 0 Å². The lowest BCUT2D eigenvalue weighted by Gasteiger charge is -2.24. The first-order chi connectivity index (χ1) is 8.66. The first-order valence-electron chi connectivity index (χ1n) is 5.75. The maximum atomic E-state index is 11.7. The molecule has 1 fully saturated rings. The lowest BCUT2D eigenvalue weighted by molar-refractivity contribution is -0.155. The molecule has 1 aliphatic rings. The minimum absolute atomic E-state index is 0.417. The van der Waals surface area contributed by atoms with E-state index in [2.05, 4.69) is 38.5 Å². The first-order valence-corrected chi connectivity index (χ1v) is 7.62. The Morgan fingerprint density at radius 1 is 1.28 bits per heavy atom. The van der Waals surface area contributed by atoms with Gasteiger partial charge in [-0.2, -0.15) is 0 Å². The predicted molar refractivity (Wildman–Crippen MR) is 79.4 cm³/mol. The molecular formula is C12H13BrINO3. The fraction of sp³-hybridized carbons (Fsp3) is 0.417. The number of hydrogen-bond donors (Lipinski definition) is 0. The molecule has 0 N–H and O–H groups in total. The van der Waals surface area contributed by atoms with Gasteiger partial charge < -0.3 is 4.90 Å². The number of rotatable bonds is 2. The molecule has 1 amide bonds. The fourth-order valence-electron chi connectivity index (χ4n) is 1.75. The Morgan fingerprint density at radius 3 is 2.67 bits per heavy atom. The van der Waals surface area contributed by atoms with Crippen molar-refractivity contribution in [2.45, 2.75) is 19.3 Å². The van der Waals surface area contributed by atoms with Gasteiger partial charge >= 0.3 is 6.09 Å². The number of amides is 1. The molecule has 4 nitrogen and oxygen atoms in total. The number of carbonyl (C=O) groups is 1. The van der Waals surface area contributed by atoms with Gasteiger partial charge in [-0.05, 0) is 76.0 Å². The normalized spacial score (nSPS) is 15.3. The van der Waals surface area contributed by atoms with Crippen LogP contribution in [-0.2, 0) is 4.89 Å². The zero-order valence-corrected chi connectivity index (χ0v) is 13.4. The molecule has 98 valence electrons. The largest absolute Gasteiger partial charge is 0.452 e. The van der Waals surface area contributed by atoms with Gasteiger partial charge in [0, 0.05) is 16.7 Å².